The van der Waals surface area contributed by atoms with Gasteiger partial charge in [-0.05, 0) is 37.5 Å². The summed E-state index contributed by atoms with van der Waals surface area (Å²) in [6, 6.07) is 6.36. The summed E-state index contributed by atoms with van der Waals surface area (Å²) < 4.78 is 15.6. The van der Waals surface area contributed by atoms with E-state index in [1.165, 1.54) is 12.4 Å². The Morgan fingerprint density at radius 3 is 2.59 bits per heavy atom. The predicted octanol–water partition coefficient (Wildman–Crippen LogP) is 2.86. The maximum absolute atomic E-state index is 14.0. The minimum Gasteiger partial charge on any atom is -0.476 e. The van der Waals surface area contributed by atoms with Gasteiger partial charge in [0.2, 0.25) is 0 Å². The fourth-order valence-corrected chi connectivity index (χ4v) is 3.40. The van der Waals surface area contributed by atoms with E-state index >= 15 is 0 Å². The number of hydrogen-bond donors (Lipinski definition) is 1. The number of aromatic carboxylic acids is 1. The van der Waals surface area contributed by atoms with Crippen molar-refractivity contribution in [3.8, 4) is 11.3 Å². The first kappa shape index (κ1) is 17.1. The number of carbonyl (C=O) groups excluding carboxylic acids is 1. The van der Waals surface area contributed by atoms with Gasteiger partial charge in [0.05, 0.1) is 23.0 Å². The van der Waals surface area contributed by atoms with Gasteiger partial charge in [-0.1, -0.05) is 6.07 Å². The molecule has 1 aliphatic heterocycles. The SMILES string of the molecule is O=C(O)c1ncc(-c2cccc3c(C(=O)N4CCCCC4)cnn23)cc1F. The largest absolute Gasteiger partial charge is 0.476 e. The summed E-state index contributed by atoms with van der Waals surface area (Å²) in [5, 5.41) is 13.2. The lowest BCUT2D eigenvalue weighted by Gasteiger charge is -2.26. The Bertz CT molecular complexity index is 1040. The van der Waals surface area contributed by atoms with Crippen LogP contribution in [0.15, 0.2) is 36.7 Å². The molecule has 0 atom stereocenters. The average molecular weight is 368 g/mol. The van der Waals surface area contributed by atoms with Crippen LogP contribution in [0, 0.1) is 5.82 Å². The fourth-order valence-electron chi connectivity index (χ4n) is 3.40. The summed E-state index contributed by atoms with van der Waals surface area (Å²) in [6.45, 7) is 1.48. The van der Waals surface area contributed by atoms with Gasteiger partial charge < -0.3 is 10.0 Å². The van der Waals surface area contributed by atoms with Gasteiger partial charge in [0, 0.05) is 24.8 Å². The number of aromatic nitrogens is 3. The van der Waals surface area contributed by atoms with E-state index in [1.54, 1.807) is 22.7 Å². The van der Waals surface area contributed by atoms with Gasteiger partial charge in [0.15, 0.2) is 11.5 Å². The first-order valence-electron chi connectivity index (χ1n) is 8.71. The third-order valence-corrected chi connectivity index (χ3v) is 4.76. The number of carboxylic acids is 1. The van der Waals surface area contributed by atoms with Crippen LogP contribution in [-0.2, 0) is 0 Å². The summed E-state index contributed by atoms with van der Waals surface area (Å²) in [7, 11) is 0. The number of carbonyl (C=O) groups is 2. The molecule has 1 saturated heterocycles. The molecule has 0 bridgehead atoms. The van der Waals surface area contributed by atoms with Crippen LogP contribution in [0.3, 0.4) is 0 Å². The Balaban J connectivity index is 1.76. The average Bonchev–Trinajstić information content (AvgIpc) is 3.12. The highest BCUT2D eigenvalue weighted by Gasteiger charge is 2.22. The van der Waals surface area contributed by atoms with E-state index in [-0.39, 0.29) is 5.91 Å². The number of hydrogen-bond acceptors (Lipinski definition) is 4. The molecule has 1 aliphatic rings. The zero-order chi connectivity index (χ0) is 19.0. The van der Waals surface area contributed by atoms with E-state index in [1.807, 2.05) is 4.90 Å². The molecule has 8 heteroatoms. The predicted molar refractivity (Wildman–Crippen MR) is 95.1 cm³/mol. The zero-order valence-electron chi connectivity index (χ0n) is 14.4. The van der Waals surface area contributed by atoms with E-state index in [4.69, 9.17) is 5.11 Å². The third-order valence-electron chi connectivity index (χ3n) is 4.76. The van der Waals surface area contributed by atoms with Crippen LogP contribution in [-0.4, -0.2) is 49.6 Å². The molecule has 138 valence electrons. The topological polar surface area (TPSA) is 87.8 Å². The number of rotatable bonds is 3. The van der Waals surface area contributed by atoms with Gasteiger partial charge >= 0.3 is 5.97 Å². The van der Waals surface area contributed by atoms with E-state index in [2.05, 4.69) is 10.1 Å². The van der Waals surface area contributed by atoms with Gasteiger partial charge in [-0.25, -0.2) is 18.7 Å². The normalized spacial score (nSPS) is 14.5. The molecule has 3 aromatic heterocycles. The maximum Gasteiger partial charge on any atom is 0.357 e. The van der Waals surface area contributed by atoms with Crippen molar-refractivity contribution in [3.05, 3.63) is 53.7 Å². The molecule has 0 aliphatic carbocycles. The van der Waals surface area contributed by atoms with Gasteiger partial charge in [-0.15, -0.1) is 0 Å². The minimum atomic E-state index is -1.43. The summed E-state index contributed by atoms with van der Waals surface area (Å²) in [6.07, 6.45) is 5.93. The molecule has 0 spiro atoms. The van der Waals surface area contributed by atoms with E-state index in [9.17, 15) is 14.0 Å². The summed E-state index contributed by atoms with van der Waals surface area (Å²) in [5.41, 5.74) is 1.38. The lowest BCUT2D eigenvalue weighted by Crippen LogP contribution is -2.35. The Morgan fingerprint density at radius 1 is 1.11 bits per heavy atom. The van der Waals surface area contributed by atoms with E-state index in [0.29, 0.717) is 22.3 Å². The van der Waals surface area contributed by atoms with Crippen molar-refractivity contribution in [2.45, 2.75) is 19.3 Å². The molecule has 0 aromatic carbocycles. The van der Waals surface area contributed by atoms with E-state index in [0.717, 1.165) is 38.4 Å². The van der Waals surface area contributed by atoms with E-state index < -0.39 is 17.5 Å². The number of pyridine rings is 2. The number of amides is 1. The first-order valence-corrected chi connectivity index (χ1v) is 8.71. The highest BCUT2D eigenvalue weighted by molar-refractivity contribution is 6.01. The number of piperidine rings is 1. The second kappa shape index (κ2) is 6.79. The van der Waals surface area contributed by atoms with Gasteiger partial charge in [0.1, 0.15) is 0 Å². The summed E-state index contributed by atoms with van der Waals surface area (Å²) in [4.78, 5) is 29.3. The van der Waals surface area contributed by atoms with Crippen molar-refractivity contribution >= 4 is 17.4 Å². The highest BCUT2D eigenvalue weighted by Crippen LogP contribution is 2.24. The van der Waals surface area contributed by atoms with Gasteiger partial charge in [-0.2, -0.15) is 5.10 Å². The number of likely N-dealkylation sites (tertiary alicyclic amines) is 1. The highest BCUT2D eigenvalue weighted by atomic mass is 19.1. The lowest BCUT2D eigenvalue weighted by atomic mass is 10.1. The first-order chi connectivity index (χ1) is 13.1. The minimum absolute atomic E-state index is 0.0626. The molecule has 3 aromatic rings. The molecule has 4 rings (SSSR count). The van der Waals surface area contributed by atoms with Crippen LogP contribution < -0.4 is 0 Å². The molecule has 1 fully saturated rings. The number of fused-ring (bicyclic) bond motifs is 1. The Morgan fingerprint density at radius 2 is 1.89 bits per heavy atom. The van der Waals surface area contributed by atoms with Crippen LogP contribution in [0.2, 0.25) is 0 Å². The number of carboxylic acid groups (broad SMARTS) is 1. The maximum atomic E-state index is 14.0. The summed E-state index contributed by atoms with van der Waals surface area (Å²) >= 11 is 0. The van der Waals surface area contributed by atoms with Crippen LogP contribution in [0.1, 0.15) is 40.1 Å². The van der Waals surface area contributed by atoms with Crippen molar-refractivity contribution in [1.82, 2.24) is 19.5 Å². The quantitative estimate of drug-likeness (QED) is 0.768. The molecular formula is C19H17FN4O3. The van der Waals surface area contributed by atoms with Crippen molar-refractivity contribution < 1.29 is 19.1 Å². The molecular weight excluding hydrogens is 351 g/mol. The second-order valence-corrected chi connectivity index (χ2v) is 6.48. The zero-order valence-corrected chi connectivity index (χ0v) is 14.4. The summed E-state index contributed by atoms with van der Waals surface area (Å²) in [5.74, 6) is -2.41. The Kier molecular flexibility index (Phi) is 4.31. The van der Waals surface area contributed by atoms with Crippen molar-refractivity contribution in [2.75, 3.05) is 13.1 Å². The molecule has 4 heterocycles. The van der Waals surface area contributed by atoms with Crippen LogP contribution >= 0.6 is 0 Å². The number of halogens is 1. The number of nitrogens with zero attached hydrogens (tertiary/aromatic N) is 4. The van der Waals surface area contributed by atoms with Crippen LogP contribution in [0.25, 0.3) is 16.8 Å². The van der Waals surface area contributed by atoms with Crippen molar-refractivity contribution in [1.29, 1.82) is 0 Å². The molecule has 27 heavy (non-hydrogen) atoms. The van der Waals surface area contributed by atoms with Crippen LogP contribution in [0.4, 0.5) is 4.39 Å². The molecule has 1 N–H and O–H groups in total. The van der Waals surface area contributed by atoms with Crippen molar-refractivity contribution in [2.24, 2.45) is 0 Å². The Hall–Kier alpha value is -3.29. The molecule has 7 nitrogen and oxygen atoms in total. The second-order valence-electron chi connectivity index (χ2n) is 6.48. The molecule has 1 amide bonds. The molecule has 0 radical (unpaired) electrons. The van der Waals surface area contributed by atoms with Gasteiger partial charge in [0.25, 0.3) is 5.91 Å². The van der Waals surface area contributed by atoms with Gasteiger partial charge in [-0.3, -0.25) is 4.79 Å². The molecule has 0 unspecified atom stereocenters. The van der Waals surface area contributed by atoms with Crippen molar-refractivity contribution in [3.63, 3.8) is 0 Å². The Labute approximate surface area is 154 Å². The monoisotopic (exact) mass is 368 g/mol. The lowest BCUT2D eigenvalue weighted by molar-refractivity contribution is 0.0683. The molecule has 0 saturated carbocycles. The van der Waals surface area contributed by atoms with Crippen LogP contribution in [0.5, 0.6) is 0 Å². The smallest absolute Gasteiger partial charge is 0.357 e. The third kappa shape index (κ3) is 3.03. The fraction of sp³-hybridized carbons (Fsp3) is 0.263. The standard InChI is InChI=1S/C19H17FN4O3/c20-14-9-12(10-21-17(14)19(26)27)15-5-4-6-16-13(11-22-24(15)16)18(25)23-7-2-1-3-8-23/h4-6,9-11H,1-3,7-8H2,(H,26,27).